The van der Waals surface area contributed by atoms with Crippen LogP contribution in [-0.2, 0) is 11.3 Å². The number of amides is 2. The molecule has 0 radical (unpaired) electrons. The maximum Gasteiger partial charge on any atom is 0.274 e. The molecule has 0 bridgehead atoms. The number of nitrogen functional groups attached to an aromatic ring is 1. The zero-order chi connectivity index (χ0) is 13.1. The molecule has 4 N–H and O–H groups in total. The third-order valence-corrected chi connectivity index (χ3v) is 2.92. The van der Waals surface area contributed by atoms with Crippen LogP contribution in [0.5, 0.6) is 0 Å². The lowest BCUT2D eigenvalue weighted by Gasteiger charge is -2.22. The van der Waals surface area contributed by atoms with Gasteiger partial charge in [-0.25, -0.2) is 0 Å². The maximum absolute atomic E-state index is 12.0. The Labute approximate surface area is 105 Å². The molecule has 0 saturated carbocycles. The molecule has 1 aromatic rings. The summed E-state index contributed by atoms with van der Waals surface area (Å²) in [7, 11) is 0. The van der Waals surface area contributed by atoms with Crippen LogP contribution in [0.25, 0.3) is 0 Å². The normalized spacial score (nSPS) is 19.4. The molecule has 2 heterocycles. The van der Waals surface area contributed by atoms with Gasteiger partial charge in [0.25, 0.3) is 5.91 Å². The molecule has 1 fully saturated rings. The van der Waals surface area contributed by atoms with E-state index in [4.69, 9.17) is 5.73 Å². The van der Waals surface area contributed by atoms with Gasteiger partial charge in [-0.3, -0.25) is 14.3 Å². The van der Waals surface area contributed by atoms with Crippen molar-refractivity contribution < 1.29 is 9.59 Å². The Morgan fingerprint density at radius 3 is 3.11 bits per heavy atom. The number of hydrogen-bond donors (Lipinski definition) is 3. The van der Waals surface area contributed by atoms with Gasteiger partial charge >= 0.3 is 0 Å². The molecule has 0 spiro atoms. The molecule has 98 valence electrons. The molecule has 2 amide bonds. The van der Waals surface area contributed by atoms with Crippen molar-refractivity contribution in [2.75, 3.05) is 12.3 Å². The van der Waals surface area contributed by atoms with E-state index in [1.807, 2.05) is 6.92 Å². The van der Waals surface area contributed by atoms with Gasteiger partial charge in [-0.2, -0.15) is 5.10 Å². The molecule has 7 heteroatoms. The Bertz CT molecular complexity index is 468. The van der Waals surface area contributed by atoms with E-state index in [2.05, 4.69) is 15.7 Å². The predicted molar refractivity (Wildman–Crippen MR) is 65.8 cm³/mol. The first-order valence-electron chi connectivity index (χ1n) is 6.03. The van der Waals surface area contributed by atoms with Crippen molar-refractivity contribution in [1.82, 2.24) is 20.4 Å². The molecule has 18 heavy (non-hydrogen) atoms. The summed E-state index contributed by atoms with van der Waals surface area (Å²) in [6.45, 7) is 3.21. The number of nitrogens with one attached hydrogen (secondary N) is 2. The van der Waals surface area contributed by atoms with Gasteiger partial charge in [0.05, 0.1) is 5.69 Å². The van der Waals surface area contributed by atoms with Crippen LogP contribution in [0.15, 0.2) is 6.20 Å². The number of anilines is 1. The first-order valence-corrected chi connectivity index (χ1v) is 6.03. The van der Waals surface area contributed by atoms with E-state index >= 15 is 0 Å². The van der Waals surface area contributed by atoms with E-state index in [-0.39, 0.29) is 11.6 Å². The molecule has 1 aliphatic rings. The summed E-state index contributed by atoms with van der Waals surface area (Å²) in [5, 5.41) is 9.43. The van der Waals surface area contributed by atoms with E-state index in [0.29, 0.717) is 25.2 Å². The highest BCUT2D eigenvalue weighted by molar-refractivity contribution is 5.99. The number of hydrogen-bond acceptors (Lipinski definition) is 4. The van der Waals surface area contributed by atoms with Crippen molar-refractivity contribution in [2.45, 2.75) is 32.4 Å². The zero-order valence-corrected chi connectivity index (χ0v) is 10.3. The molecular weight excluding hydrogens is 234 g/mol. The second-order valence-corrected chi connectivity index (χ2v) is 4.25. The van der Waals surface area contributed by atoms with Crippen LogP contribution in [0, 0.1) is 0 Å². The van der Waals surface area contributed by atoms with E-state index in [1.165, 1.54) is 0 Å². The number of piperidine rings is 1. The van der Waals surface area contributed by atoms with Crippen LogP contribution in [0.3, 0.4) is 0 Å². The Balaban J connectivity index is 2.06. The fourth-order valence-corrected chi connectivity index (χ4v) is 1.91. The number of aryl methyl sites for hydroxylation is 1. The van der Waals surface area contributed by atoms with Gasteiger partial charge in [0, 0.05) is 19.3 Å². The van der Waals surface area contributed by atoms with Crippen LogP contribution in [0.2, 0.25) is 0 Å². The number of carbonyl (C=O) groups is 2. The fraction of sp³-hybridized carbons (Fsp3) is 0.545. The maximum atomic E-state index is 12.0. The predicted octanol–water partition coefficient (Wildman–Crippen LogP) is -0.506. The van der Waals surface area contributed by atoms with Crippen LogP contribution in [0.1, 0.15) is 30.3 Å². The highest BCUT2D eigenvalue weighted by Crippen LogP contribution is 2.10. The molecule has 1 aliphatic heterocycles. The molecule has 2 rings (SSSR count). The lowest BCUT2D eigenvalue weighted by Crippen LogP contribution is -2.50. The van der Waals surface area contributed by atoms with Gasteiger partial charge < -0.3 is 16.4 Å². The summed E-state index contributed by atoms with van der Waals surface area (Å²) in [6.07, 6.45) is 3.11. The summed E-state index contributed by atoms with van der Waals surface area (Å²) in [5.74, 6) is -0.551. The molecular formula is C11H17N5O2. The second kappa shape index (κ2) is 5.07. The van der Waals surface area contributed by atoms with Crippen molar-refractivity contribution in [3.63, 3.8) is 0 Å². The van der Waals surface area contributed by atoms with Crippen molar-refractivity contribution in [1.29, 1.82) is 0 Å². The van der Waals surface area contributed by atoms with Crippen LogP contribution < -0.4 is 16.4 Å². The van der Waals surface area contributed by atoms with Crippen molar-refractivity contribution in [3.05, 3.63) is 11.9 Å². The minimum absolute atomic E-state index is 0.150. The van der Waals surface area contributed by atoms with Gasteiger partial charge in [0.2, 0.25) is 5.91 Å². The number of rotatable bonds is 3. The third kappa shape index (κ3) is 2.44. The van der Waals surface area contributed by atoms with Gasteiger partial charge in [-0.15, -0.1) is 0 Å². The standard InChI is InChI=1S/C11H17N5O2/c1-2-16-6-7(12)9(15-16)11(18)14-8-4-3-5-13-10(8)17/h6,8H,2-5,12H2,1H3,(H,13,17)(H,14,18). The first-order chi connectivity index (χ1) is 8.61. The van der Waals surface area contributed by atoms with Gasteiger partial charge in [0.1, 0.15) is 6.04 Å². The lowest BCUT2D eigenvalue weighted by molar-refractivity contribution is -0.124. The minimum Gasteiger partial charge on any atom is -0.396 e. The summed E-state index contributed by atoms with van der Waals surface area (Å²) in [5.41, 5.74) is 6.21. The van der Waals surface area contributed by atoms with E-state index in [0.717, 1.165) is 6.42 Å². The van der Waals surface area contributed by atoms with Gasteiger partial charge in [-0.05, 0) is 19.8 Å². The molecule has 1 aromatic heterocycles. The highest BCUT2D eigenvalue weighted by Gasteiger charge is 2.25. The Morgan fingerprint density at radius 2 is 2.50 bits per heavy atom. The van der Waals surface area contributed by atoms with E-state index in [1.54, 1.807) is 10.9 Å². The molecule has 1 atom stereocenters. The monoisotopic (exact) mass is 251 g/mol. The lowest BCUT2D eigenvalue weighted by atomic mass is 10.1. The number of nitrogens with two attached hydrogens (primary N) is 1. The van der Waals surface area contributed by atoms with Crippen molar-refractivity contribution >= 4 is 17.5 Å². The fourth-order valence-electron chi connectivity index (χ4n) is 1.91. The van der Waals surface area contributed by atoms with Gasteiger partial charge in [0.15, 0.2) is 5.69 Å². The summed E-state index contributed by atoms with van der Waals surface area (Å²) >= 11 is 0. The van der Waals surface area contributed by atoms with E-state index < -0.39 is 11.9 Å². The average molecular weight is 251 g/mol. The summed E-state index contributed by atoms with van der Waals surface area (Å²) in [4.78, 5) is 23.5. The highest BCUT2D eigenvalue weighted by atomic mass is 16.2. The number of nitrogens with zero attached hydrogens (tertiary/aromatic N) is 2. The van der Waals surface area contributed by atoms with E-state index in [9.17, 15) is 9.59 Å². The van der Waals surface area contributed by atoms with Crippen molar-refractivity contribution in [2.24, 2.45) is 0 Å². The van der Waals surface area contributed by atoms with Crippen LogP contribution in [0.4, 0.5) is 5.69 Å². The third-order valence-electron chi connectivity index (χ3n) is 2.92. The largest absolute Gasteiger partial charge is 0.396 e. The Kier molecular flexibility index (Phi) is 3.50. The van der Waals surface area contributed by atoms with Crippen LogP contribution >= 0.6 is 0 Å². The molecule has 0 aromatic carbocycles. The summed E-state index contributed by atoms with van der Waals surface area (Å²) < 4.78 is 1.59. The molecule has 1 saturated heterocycles. The van der Waals surface area contributed by atoms with Crippen LogP contribution in [-0.4, -0.2) is 34.2 Å². The summed E-state index contributed by atoms with van der Waals surface area (Å²) in [6, 6.07) is -0.488. The Hall–Kier alpha value is -2.05. The quantitative estimate of drug-likeness (QED) is 0.673. The van der Waals surface area contributed by atoms with Gasteiger partial charge in [-0.1, -0.05) is 0 Å². The van der Waals surface area contributed by atoms with Crippen molar-refractivity contribution in [3.8, 4) is 0 Å². The molecule has 0 aliphatic carbocycles. The Morgan fingerprint density at radius 1 is 1.72 bits per heavy atom. The SMILES string of the molecule is CCn1cc(N)c(C(=O)NC2CCCNC2=O)n1. The smallest absolute Gasteiger partial charge is 0.274 e. The first kappa shape index (κ1) is 12.4. The molecule has 7 nitrogen and oxygen atoms in total. The average Bonchev–Trinajstić information content (AvgIpc) is 2.73. The molecule has 1 unspecified atom stereocenters. The number of carbonyl (C=O) groups excluding carboxylic acids is 2. The minimum atomic E-state index is -0.488. The second-order valence-electron chi connectivity index (χ2n) is 4.25. The number of aromatic nitrogens is 2. The zero-order valence-electron chi connectivity index (χ0n) is 10.3. The topological polar surface area (TPSA) is 102 Å².